The molecule has 0 saturated carbocycles. The number of hydrogen-bond acceptors (Lipinski definition) is 3. The Bertz CT molecular complexity index is 376. The maximum atomic E-state index is 5.81. The van der Waals surface area contributed by atoms with Crippen molar-refractivity contribution in [2.75, 3.05) is 20.1 Å². The summed E-state index contributed by atoms with van der Waals surface area (Å²) in [6.45, 7) is 7.46. The van der Waals surface area contributed by atoms with Crippen LogP contribution in [0.3, 0.4) is 0 Å². The summed E-state index contributed by atoms with van der Waals surface area (Å²) in [5.41, 5.74) is 1.21. The SMILES string of the molecule is C#CCN(C)Cc1cc(C)c(CNCCC)o1. The van der Waals surface area contributed by atoms with Gasteiger partial charge < -0.3 is 9.73 Å². The summed E-state index contributed by atoms with van der Waals surface area (Å²) in [4.78, 5) is 2.06. The molecule has 0 spiro atoms. The first-order valence-corrected chi connectivity index (χ1v) is 6.08. The molecular weight excluding hydrogens is 212 g/mol. The number of rotatable bonds is 7. The van der Waals surface area contributed by atoms with E-state index in [1.165, 1.54) is 5.56 Å². The van der Waals surface area contributed by atoms with Gasteiger partial charge in [-0.25, -0.2) is 0 Å². The third-order valence-corrected chi connectivity index (χ3v) is 2.57. The normalized spacial score (nSPS) is 10.8. The Labute approximate surface area is 104 Å². The summed E-state index contributed by atoms with van der Waals surface area (Å²) in [7, 11) is 1.99. The first-order valence-electron chi connectivity index (χ1n) is 6.08. The van der Waals surface area contributed by atoms with Crippen LogP contribution in [0.25, 0.3) is 0 Å². The second-order valence-corrected chi connectivity index (χ2v) is 4.37. The quantitative estimate of drug-likeness (QED) is 0.579. The molecule has 0 aliphatic rings. The third kappa shape index (κ3) is 4.64. The van der Waals surface area contributed by atoms with Crippen molar-refractivity contribution in [3.63, 3.8) is 0 Å². The van der Waals surface area contributed by atoms with Crippen LogP contribution in [0.15, 0.2) is 10.5 Å². The molecule has 0 bridgehead atoms. The summed E-state index contributed by atoms with van der Waals surface area (Å²) < 4.78 is 5.81. The van der Waals surface area contributed by atoms with Gasteiger partial charge in [-0.05, 0) is 38.6 Å². The fraction of sp³-hybridized carbons (Fsp3) is 0.571. The molecular formula is C14H22N2O. The molecule has 0 aliphatic carbocycles. The molecule has 0 radical (unpaired) electrons. The molecule has 3 nitrogen and oxygen atoms in total. The molecule has 17 heavy (non-hydrogen) atoms. The van der Waals surface area contributed by atoms with Crippen molar-refractivity contribution in [1.29, 1.82) is 0 Å². The number of hydrogen-bond donors (Lipinski definition) is 1. The van der Waals surface area contributed by atoms with Crippen molar-refractivity contribution in [2.45, 2.75) is 33.4 Å². The van der Waals surface area contributed by atoms with Crippen molar-refractivity contribution < 1.29 is 4.42 Å². The van der Waals surface area contributed by atoms with Gasteiger partial charge in [0, 0.05) is 0 Å². The zero-order chi connectivity index (χ0) is 12.7. The molecule has 0 fully saturated rings. The zero-order valence-corrected chi connectivity index (χ0v) is 11.0. The topological polar surface area (TPSA) is 28.4 Å². The largest absolute Gasteiger partial charge is 0.463 e. The van der Waals surface area contributed by atoms with Crippen LogP contribution in [0.2, 0.25) is 0 Å². The van der Waals surface area contributed by atoms with E-state index < -0.39 is 0 Å². The van der Waals surface area contributed by atoms with Crippen LogP contribution in [0, 0.1) is 19.3 Å². The lowest BCUT2D eigenvalue weighted by molar-refractivity contribution is 0.318. The molecule has 1 heterocycles. The van der Waals surface area contributed by atoms with E-state index in [1.807, 2.05) is 7.05 Å². The molecule has 94 valence electrons. The Morgan fingerprint density at radius 3 is 2.94 bits per heavy atom. The number of nitrogens with one attached hydrogen (secondary N) is 1. The Hall–Kier alpha value is -1.24. The maximum Gasteiger partial charge on any atom is 0.120 e. The second kappa shape index (κ2) is 7.16. The summed E-state index contributed by atoms with van der Waals surface area (Å²) >= 11 is 0. The number of furan rings is 1. The number of nitrogens with zero attached hydrogens (tertiary/aromatic N) is 1. The van der Waals surface area contributed by atoms with Gasteiger partial charge in [0.25, 0.3) is 0 Å². The van der Waals surface area contributed by atoms with Gasteiger partial charge in [-0.2, -0.15) is 0 Å². The second-order valence-electron chi connectivity index (χ2n) is 4.37. The van der Waals surface area contributed by atoms with Crippen molar-refractivity contribution in [3.8, 4) is 12.3 Å². The van der Waals surface area contributed by atoms with Gasteiger partial charge in [0.1, 0.15) is 11.5 Å². The smallest absolute Gasteiger partial charge is 0.120 e. The minimum Gasteiger partial charge on any atom is -0.463 e. The van der Waals surface area contributed by atoms with Crippen LogP contribution in [-0.2, 0) is 13.1 Å². The van der Waals surface area contributed by atoms with Crippen LogP contribution in [0.5, 0.6) is 0 Å². The van der Waals surface area contributed by atoms with E-state index in [-0.39, 0.29) is 0 Å². The molecule has 1 N–H and O–H groups in total. The average Bonchev–Trinajstić information content (AvgIpc) is 2.60. The minimum atomic E-state index is 0.642. The van der Waals surface area contributed by atoms with Gasteiger partial charge in [-0.3, -0.25) is 4.90 Å². The highest BCUT2D eigenvalue weighted by Gasteiger charge is 2.08. The molecule has 1 aromatic rings. The minimum absolute atomic E-state index is 0.642. The van der Waals surface area contributed by atoms with Crippen LogP contribution in [-0.4, -0.2) is 25.0 Å². The number of terminal acetylenes is 1. The first-order chi connectivity index (χ1) is 8.17. The van der Waals surface area contributed by atoms with Crippen molar-refractivity contribution in [3.05, 3.63) is 23.2 Å². The van der Waals surface area contributed by atoms with E-state index in [0.717, 1.165) is 37.6 Å². The molecule has 3 heteroatoms. The molecule has 0 atom stereocenters. The predicted octanol–water partition coefficient (Wildman–Crippen LogP) is 2.15. The Balaban J connectivity index is 2.52. The summed E-state index contributed by atoms with van der Waals surface area (Å²) in [5.74, 6) is 4.63. The lowest BCUT2D eigenvalue weighted by Gasteiger charge is -2.10. The van der Waals surface area contributed by atoms with Crippen LogP contribution >= 0.6 is 0 Å². The Morgan fingerprint density at radius 1 is 1.53 bits per heavy atom. The lowest BCUT2D eigenvalue weighted by Crippen LogP contribution is -2.17. The maximum absolute atomic E-state index is 5.81. The summed E-state index contributed by atoms with van der Waals surface area (Å²) in [6.07, 6.45) is 6.40. The highest BCUT2D eigenvalue weighted by atomic mass is 16.3. The highest BCUT2D eigenvalue weighted by molar-refractivity contribution is 5.20. The summed E-state index contributed by atoms with van der Waals surface area (Å²) in [6, 6.07) is 2.09. The van der Waals surface area contributed by atoms with Gasteiger partial charge in [0.05, 0.1) is 19.6 Å². The van der Waals surface area contributed by atoms with E-state index in [0.29, 0.717) is 6.54 Å². The monoisotopic (exact) mass is 234 g/mol. The van der Waals surface area contributed by atoms with Crippen LogP contribution in [0.4, 0.5) is 0 Å². The first kappa shape index (κ1) is 13.8. The third-order valence-electron chi connectivity index (χ3n) is 2.57. The Morgan fingerprint density at radius 2 is 2.29 bits per heavy atom. The van der Waals surface area contributed by atoms with E-state index in [4.69, 9.17) is 10.8 Å². The van der Waals surface area contributed by atoms with Gasteiger partial charge in [0.15, 0.2) is 0 Å². The fourth-order valence-electron chi connectivity index (χ4n) is 1.70. The molecule has 0 aromatic carbocycles. The van der Waals surface area contributed by atoms with Crippen LogP contribution < -0.4 is 5.32 Å². The van der Waals surface area contributed by atoms with E-state index in [1.54, 1.807) is 0 Å². The molecule has 0 aliphatic heterocycles. The molecule has 1 aromatic heterocycles. The molecule has 0 unspecified atom stereocenters. The van der Waals surface area contributed by atoms with Crippen molar-refractivity contribution in [1.82, 2.24) is 10.2 Å². The van der Waals surface area contributed by atoms with Crippen molar-refractivity contribution >= 4 is 0 Å². The van der Waals surface area contributed by atoms with Gasteiger partial charge in [-0.15, -0.1) is 6.42 Å². The highest BCUT2D eigenvalue weighted by Crippen LogP contribution is 2.15. The Kier molecular flexibility index (Phi) is 5.82. The van der Waals surface area contributed by atoms with E-state index in [2.05, 4.69) is 36.1 Å². The zero-order valence-electron chi connectivity index (χ0n) is 11.0. The van der Waals surface area contributed by atoms with E-state index >= 15 is 0 Å². The standard InChI is InChI=1S/C14H22N2O/c1-5-7-15-10-14-12(3)9-13(17-14)11-16(4)8-6-2/h2,9,15H,5,7-8,10-11H2,1,3-4H3. The fourth-order valence-corrected chi connectivity index (χ4v) is 1.70. The van der Waals surface area contributed by atoms with Crippen molar-refractivity contribution in [2.24, 2.45) is 0 Å². The number of aryl methyl sites for hydroxylation is 1. The van der Waals surface area contributed by atoms with Gasteiger partial charge in [-0.1, -0.05) is 12.8 Å². The average molecular weight is 234 g/mol. The van der Waals surface area contributed by atoms with Crippen LogP contribution in [0.1, 0.15) is 30.4 Å². The molecule has 0 saturated heterocycles. The van der Waals surface area contributed by atoms with Gasteiger partial charge >= 0.3 is 0 Å². The molecule has 0 amide bonds. The lowest BCUT2D eigenvalue weighted by atomic mass is 10.2. The van der Waals surface area contributed by atoms with Gasteiger partial charge in [0.2, 0.25) is 0 Å². The van der Waals surface area contributed by atoms with E-state index in [9.17, 15) is 0 Å². The molecule has 1 rings (SSSR count). The predicted molar refractivity (Wildman–Crippen MR) is 70.6 cm³/mol. The summed E-state index contributed by atoms with van der Waals surface area (Å²) in [5, 5.41) is 3.34.